The Morgan fingerprint density at radius 2 is 1.84 bits per heavy atom. The Bertz CT molecular complexity index is 1190. The highest BCUT2D eigenvalue weighted by molar-refractivity contribution is 8.18. The SMILES string of the molecule is CCOc1cc(/C=C2/SC(=O)N(CC(=O)Nc3ccc(N4CCOCC4)cc3)C2=O)ccc1O[C@H](C)CC. The largest absolute Gasteiger partial charge is 0.490 e. The van der Waals surface area contributed by atoms with Crippen LogP contribution in [-0.4, -0.2) is 67.5 Å². The third-order valence-corrected chi connectivity index (χ3v) is 7.08. The first-order chi connectivity index (χ1) is 18.4. The van der Waals surface area contributed by atoms with Crippen molar-refractivity contribution in [1.82, 2.24) is 4.90 Å². The summed E-state index contributed by atoms with van der Waals surface area (Å²) >= 11 is 0.811. The number of carbonyl (C=O) groups is 3. The quantitative estimate of drug-likeness (QED) is 0.431. The van der Waals surface area contributed by atoms with Gasteiger partial charge in [0.1, 0.15) is 6.54 Å². The number of benzene rings is 2. The van der Waals surface area contributed by atoms with E-state index in [0.717, 1.165) is 41.9 Å². The molecule has 202 valence electrons. The Balaban J connectivity index is 1.39. The van der Waals surface area contributed by atoms with Gasteiger partial charge in [0, 0.05) is 24.5 Å². The van der Waals surface area contributed by atoms with Crippen molar-refractivity contribution in [3.63, 3.8) is 0 Å². The molecule has 2 saturated heterocycles. The first-order valence-electron chi connectivity index (χ1n) is 12.8. The lowest BCUT2D eigenvalue weighted by Gasteiger charge is -2.28. The van der Waals surface area contributed by atoms with Crippen molar-refractivity contribution in [2.24, 2.45) is 0 Å². The normalized spacial score (nSPS) is 17.6. The maximum atomic E-state index is 13.0. The second-order valence-electron chi connectivity index (χ2n) is 8.94. The number of carbonyl (C=O) groups excluding carboxylic acids is 3. The molecule has 0 saturated carbocycles. The maximum absolute atomic E-state index is 13.0. The average Bonchev–Trinajstić information content (AvgIpc) is 3.18. The highest BCUT2D eigenvalue weighted by atomic mass is 32.2. The molecule has 38 heavy (non-hydrogen) atoms. The molecule has 2 heterocycles. The number of hydrogen-bond donors (Lipinski definition) is 1. The molecular formula is C28H33N3O6S. The lowest BCUT2D eigenvalue weighted by molar-refractivity contribution is -0.127. The summed E-state index contributed by atoms with van der Waals surface area (Å²) in [7, 11) is 0. The first kappa shape index (κ1) is 27.5. The van der Waals surface area contributed by atoms with E-state index in [1.165, 1.54) is 0 Å². The Morgan fingerprint density at radius 1 is 1.11 bits per heavy atom. The minimum atomic E-state index is -0.504. The van der Waals surface area contributed by atoms with Crippen LogP contribution < -0.4 is 19.7 Å². The van der Waals surface area contributed by atoms with Crippen LogP contribution in [0, 0.1) is 0 Å². The fraction of sp³-hybridized carbons (Fsp3) is 0.393. The molecule has 3 amide bonds. The summed E-state index contributed by atoms with van der Waals surface area (Å²) in [4.78, 5) is 41.6. The molecule has 2 aromatic rings. The Morgan fingerprint density at radius 3 is 2.53 bits per heavy atom. The fourth-order valence-electron chi connectivity index (χ4n) is 3.99. The zero-order valence-electron chi connectivity index (χ0n) is 21.9. The number of nitrogens with zero attached hydrogens (tertiary/aromatic N) is 2. The van der Waals surface area contributed by atoms with E-state index < -0.39 is 17.1 Å². The number of amides is 3. The number of ether oxygens (including phenoxy) is 3. The second-order valence-corrected chi connectivity index (χ2v) is 9.93. The number of morpholine rings is 1. The van der Waals surface area contributed by atoms with Gasteiger partial charge in [-0.15, -0.1) is 0 Å². The second kappa shape index (κ2) is 12.8. The minimum Gasteiger partial charge on any atom is -0.490 e. The van der Waals surface area contributed by atoms with Crippen LogP contribution in [0.3, 0.4) is 0 Å². The van der Waals surface area contributed by atoms with Gasteiger partial charge in [0.05, 0.1) is 30.8 Å². The molecule has 10 heteroatoms. The molecule has 2 aliphatic heterocycles. The molecule has 0 unspecified atom stereocenters. The molecule has 0 aromatic heterocycles. The highest BCUT2D eigenvalue weighted by Gasteiger charge is 2.36. The van der Waals surface area contributed by atoms with Crippen molar-refractivity contribution in [2.75, 3.05) is 49.7 Å². The lowest BCUT2D eigenvalue weighted by Crippen LogP contribution is -2.36. The van der Waals surface area contributed by atoms with E-state index in [4.69, 9.17) is 14.2 Å². The van der Waals surface area contributed by atoms with Crippen LogP contribution >= 0.6 is 11.8 Å². The van der Waals surface area contributed by atoms with Gasteiger partial charge < -0.3 is 24.4 Å². The molecular weight excluding hydrogens is 506 g/mol. The van der Waals surface area contributed by atoms with Gasteiger partial charge in [-0.1, -0.05) is 13.0 Å². The third-order valence-electron chi connectivity index (χ3n) is 6.17. The highest BCUT2D eigenvalue weighted by Crippen LogP contribution is 2.35. The summed E-state index contributed by atoms with van der Waals surface area (Å²) in [6, 6.07) is 12.9. The van der Waals surface area contributed by atoms with E-state index >= 15 is 0 Å². The zero-order chi connectivity index (χ0) is 27.1. The van der Waals surface area contributed by atoms with Gasteiger partial charge in [-0.2, -0.15) is 0 Å². The van der Waals surface area contributed by atoms with Crippen LogP contribution in [0.4, 0.5) is 16.2 Å². The summed E-state index contributed by atoms with van der Waals surface area (Å²) < 4.78 is 17.0. The Labute approximate surface area is 227 Å². The van der Waals surface area contributed by atoms with Crippen LogP contribution in [0.2, 0.25) is 0 Å². The Kier molecular flexibility index (Phi) is 9.30. The fourth-order valence-corrected chi connectivity index (χ4v) is 4.83. The van der Waals surface area contributed by atoms with Crippen LogP contribution in [0.5, 0.6) is 11.5 Å². The molecule has 0 aliphatic carbocycles. The van der Waals surface area contributed by atoms with Crippen LogP contribution in [-0.2, 0) is 14.3 Å². The van der Waals surface area contributed by atoms with Crippen LogP contribution in [0.25, 0.3) is 6.08 Å². The number of anilines is 2. The summed E-state index contributed by atoms with van der Waals surface area (Å²) in [5.74, 6) is 0.245. The van der Waals surface area contributed by atoms with E-state index in [0.29, 0.717) is 42.6 Å². The molecule has 0 spiro atoms. The topological polar surface area (TPSA) is 97.4 Å². The molecule has 2 aromatic carbocycles. The number of nitrogens with one attached hydrogen (secondary N) is 1. The number of thioether (sulfide) groups is 1. The maximum Gasteiger partial charge on any atom is 0.294 e. The molecule has 4 rings (SSSR count). The van der Waals surface area contributed by atoms with E-state index in [-0.39, 0.29) is 17.6 Å². The van der Waals surface area contributed by atoms with Crippen molar-refractivity contribution in [2.45, 2.75) is 33.3 Å². The van der Waals surface area contributed by atoms with Crippen LogP contribution in [0.1, 0.15) is 32.8 Å². The van der Waals surface area contributed by atoms with Gasteiger partial charge in [0.25, 0.3) is 11.1 Å². The van der Waals surface area contributed by atoms with Crippen molar-refractivity contribution in [1.29, 1.82) is 0 Å². The molecule has 9 nitrogen and oxygen atoms in total. The smallest absolute Gasteiger partial charge is 0.294 e. The Hall–Kier alpha value is -3.50. The lowest BCUT2D eigenvalue weighted by atomic mass is 10.1. The molecule has 1 atom stereocenters. The van der Waals surface area contributed by atoms with Gasteiger partial charge in [-0.3, -0.25) is 19.3 Å². The summed E-state index contributed by atoms with van der Waals surface area (Å²) in [5.41, 5.74) is 2.34. The van der Waals surface area contributed by atoms with Crippen molar-refractivity contribution in [3.05, 3.63) is 52.9 Å². The van der Waals surface area contributed by atoms with Crippen molar-refractivity contribution >= 4 is 46.3 Å². The van der Waals surface area contributed by atoms with E-state index in [1.807, 2.05) is 39.0 Å². The summed E-state index contributed by atoms with van der Waals surface area (Å²) in [5, 5.41) is 2.28. The molecule has 1 N–H and O–H groups in total. The standard InChI is InChI=1S/C28H33N3O6S/c1-4-19(3)37-23-11-6-20(16-24(23)36-5-2)17-25-27(33)31(28(34)38-25)18-26(32)29-21-7-9-22(10-8-21)30-12-14-35-15-13-30/h6-11,16-17,19H,4-5,12-15,18H2,1-3H3,(H,29,32)/b25-17+/t19-/m1/s1. The van der Waals surface area contributed by atoms with Gasteiger partial charge in [0.15, 0.2) is 11.5 Å². The third kappa shape index (κ3) is 6.87. The van der Waals surface area contributed by atoms with E-state index in [9.17, 15) is 14.4 Å². The van der Waals surface area contributed by atoms with E-state index in [1.54, 1.807) is 30.3 Å². The number of hydrogen-bond acceptors (Lipinski definition) is 8. The molecule has 0 radical (unpaired) electrons. The predicted octanol–water partition coefficient (Wildman–Crippen LogP) is 4.77. The van der Waals surface area contributed by atoms with Gasteiger partial charge in [0.2, 0.25) is 5.91 Å². The predicted molar refractivity (Wildman–Crippen MR) is 149 cm³/mol. The summed E-state index contributed by atoms with van der Waals surface area (Å²) in [6.45, 7) is 9.03. The summed E-state index contributed by atoms with van der Waals surface area (Å²) in [6.07, 6.45) is 2.52. The van der Waals surface area contributed by atoms with Gasteiger partial charge >= 0.3 is 0 Å². The minimum absolute atomic E-state index is 0.0328. The monoisotopic (exact) mass is 539 g/mol. The molecule has 0 bridgehead atoms. The number of imide groups is 1. The van der Waals surface area contributed by atoms with E-state index in [2.05, 4.69) is 10.2 Å². The van der Waals surface area contributed by atoms with Gasteiger partial charge in [-0.25, -0.2) is 0 Å². The van der Waals surface area contributed by atoms with Crippen molar-refractivity contribution in [3.8, 4) is 11.5 Å². The average molecular weight is 540 g/mol. The van der Waals surface area contributed by atoms with Crippen molar-refractivity contribution < 1.29 is 28.6 Å². The number of rotatable bonds is 10. The molecule has 2 aliphatic rings. The molecule has 2 fully saturated rings. The van der Waals surface area contributed by atoms with Gasteiger partial charge in [-0.05, 0) is 80.1 Å². The zero-order valence-corrected chi connectivity index (χ0v) is 22.7. The first-order valence-corrected chi connectivity index (χ1v) is 13.6. The van der Waals surface area contributed by atoms with Crippen LogP contribution in [0.15, 0.2) is 47.4 Å².